The van der Waals surface area contributed by atoms with Gasteiger partial charge in [0.2, 0.25) is 0 Å². The van der Waals surface area contributed by atoms with Gasteiger partial charge in [0.15, 0.2) is 0 Å². The fraction of sp³-hybridized carbons (Fsp3) is 0. The van der Waals surface area contributed by atoms with E-state index in [9.17, 15) is 0 Å². The number of hydrogen-bond donors (Lipinski definition) is 0. The van der Waals surface area contributed by atoms with Gasteiger partial charge in [-0.3, -0.25) is 0 Å². The van der Waals surface area contributed by atoms with Crippen molar-refractivity contribution in [3.63, 3.8) is 0 Å². The summed E-state index contributed by atoms with van der Waals surface area (Å²) in [6.45, 7) is 0. The normalized spacial score (nSPS) is 0. The average molecular weight is 181 g/mol. The van der Waals surface area contributed by atoms with Crippen LogP contribution in [0.5, 0.6) is 0 Å². The second-order valence-corrected chi connectivity index (χ2v) is 0. The molecule has 1 unspecified atom stereocenters. The molecule has 0 N–H and O–H groups in total. The van der Waals surface area contributed by atoms with Gasteiger partial charge in [0.1, 0.15) is 0 Å². The molecule has 0 bridgehead atoms. The van der Waals surface area contributed by atoms with Crippen molar-refractivity contribution in [2.24, 2.45) is 0 Å². The van der Waals surface area contributed by atoms with Gasteiger partial charge < -0.3 is 0 Å². The first-order valence-electron chi connectivity index (χ1n) is 0. The van der Waals surface area contributed by atoms with E-state index in [-0.39, 0.29) is 59.5 Å². The fourth-order valence-corrected chi connectivity index (χ4v) is 0. The van der Waals surface area contributed by atoms with Crippen molar-refractivity contribution in [1.29, 1.82) is 0 Å². The van der Waals surface area contributed by atoms with Crippen LogP contribution in [0.3, 0.4) is 0 Å². The first kappa shape index (κ1) is 81.5. The predicted octanol–water partition coefficient (Wildman–Crippen LogP) is 1.48. The highest BCUT2D eigenvalue weighted by atomic mass is 35.5. The van der Waals surface area contributed by atoms with Crippen molar-refractivity contribution in [1.82, 2.24) is 0 Å². The molecule has 5 heteroatoms. The number of rotatable bonds is 0. The summed E-state index contributed by atoms with van der Waals surface area (Å²) in [4.78, 5) is 0. The Morgan fingerprint density at radius 1 is 0.400 bits per heavy atom. The Morgan fingerprint density at radius 2 is 0.400 bits per heavy atom. The lowest BCUT2D eigenvalue weighted by atomic mass is 31.0. The highest BCUT2D eigenvalue weighted by molar-refractivity contribution is 6.92. The molecule has 0 aliphatic rings. The monoisotopic (exact) mass is 179 g/mol. The van der Waals surface area contributed by atoms with Crippen LogP contribution in [-0.2, 0) is 0 Å². The van der Waals surface area contributed by atoms with Gasteiger partial charge in [-0.05, 0) is 9.90 Å². The molecule has 0 heterocycles. The van der Waals surface area contributed by atoms with Gasteiger partial charge in [-0.1, -0.05) is 0 Å². The highest BCUT2D eigenvalue weighted by Gasteiger charge is -0.0395. The summed E-state index contributed by atoms with van der Waals surface area (Å²) >= 11 is 0. The zero-order valence-electron chi connectivity index (χ0n) is 2.63. The molecule has 0 amide bonds. The van der Waals surface area contributed by atoms with E-state index in [1.165, 1.54) is 0 Å². The fourth-order valence-electron chi connectivity index (χ4n) is 0. The summed E-state index contributed by atoms with van der Waals surface area (Å²) in [6.07, 6.45) is 0. The van der Waals surface area contributed by atoms with Gasteiger partial charge in [0.25, 0.3) is 0 Å². The molecule has 0 aromatic carbocycles. The molecular weight excluding hydrogens is 173 g/mol. The van der Waals surface area contributed by atoms with Crippen LogP contribution in [0.15, 0.2) is 0 Å². The van der Waals surface area contributed by atoms with Crippen molar-refractivity contribution >= 4 is 59.5 Å². The van der Waals surface area contributed by atoms with Crippen LogP contribution in [0.2, 0.25) is 0 Å². The number of halogens is 4. The minimum absolute atomic E-state index is 0. The van der Waals surface area contributed by atoms with Gasteiger partial charge in [-0.2, -0.15) is 0 Å². The molecule has 0 fully saturated rings. The smallest absolute Gasteiger partial charge is 0.0395 e. The SMILES string of the molecule is Cl.Cl.Cl.Cl.[PH4+]. The van der Waals surface area contributed by atoms with E-state index in [1.807, 2.05) is 0 Å². The molecule has 5 heavy (non-hydrogen) atoms. The zero-order chi connectivity index (χ0) is 0. The van der Waals surface area contributed by atoms with Crippen LogP contribution in [0.25, 0.3) is 0 Å². The second-order valence-electron chi connectivity index (χ2n) is 0. The number of hydrogen-bond acceptors (Lipinski definition) is 0. The van der Waals surface area contributed by atoms with Crippen LogP contribution < -0.4 is 0 Å². The summed E-state index contributed by atoms with van der Waals surface area (Å²) in [6, 6.07) is 0. The van der Waals surface area contributed by atoms with Crippen molar-refractivity contribution in [3.8, 4) is 0 Å². The molecule has 0 aliphatic carbocycles. The molecule has 0 aliphatic heterocycles. The van der Waals surface area contributed by atoms with Crippen molar-refractivity contribution in [3.05, 3.63) is 0 Å². The Kier molecular flexibility index (Phi) is 759. The molecule has 0 aromatic rings. The lowest BCUT2D eigenvalue weighted by Gasteiger charge is -0.148. The molecule has 0 radical (unpaired) electrons. The quantitative estimate of drug-likeness (QED) is 0.496. The van der Waals surface area contributed by atoms with E-state index in [1.54, 1.807) is 0 Å². The molecule has 1 atom stereocenters. The van der Waals surface area contributed by atoms with E-state index < -0.39 is 0 Å². The maximum Gasteiger partial charge on any atom is -0.0395 e. The van der Waals surface area contributed by atoms with Crippen LogP contribution in [0.4, 0.5) is 0 Å². The summed E-state index contributed by atoms with van der Waals surface area (Å²) < 4.78 is 0. The summed E-state index contributed by atoms with van der Waals surface area (Å²) in [5.41, 5.74) is 0. The van der Waals surface area contributed by atoms with Gasteiger partial charge in [-0.15, -0.1) is 49.6 Å². The van der Waals surface area contributed by atoms with Gasteiger partial charge in [0, 0.05) is 0 Å². The predicted molar refractivity (Wildman–Crippen MR) is 41.5 cm³/mol. The minimum atomic E-state index is 0. The van der Waals surface area contributed by atoms with Crippen LogP contribution in [-0.4, -0.2) is 0 Å². The molecule has 0 saturated heterocycles. The van der Waals surface area contributed by atoms with Crippen LogP contribution in [0, 0.1) is 0 Å². The lowest BCUT2D eigenvalue weighted by Crippen LogP contribution is 0.688. The third-order valence-corrected chi connectivity index (χ3v) is 0. The first-order valence-corrected chi connectivity index (χ1v) is 0. The van der Waals surface area contributed by atoms with Crippen molar-refractivity contribution in [2.75, 3.05) is 0 Å². The molecular formula is H8Cl4P+. The average Bonchev–Trinajstić information content (AvgIpc) is 0. The summed E-state index contributed by atoms with van der Waals surface area (Å²) in [7, 11) is 0. The van der Waals surface area contributed by atoms with Gasteiger partial charge >= 0.3 is 0 Å². The lowest BCUT2D eigenvalue weighted by molar-refractivity contribution is 5.85. The van der Waals surface area contributed by atoms with Crippen LogP contribution >= 0.6 is 59.5 Å². The van der Waals surface area contributed by atoms with Crippen LogP contribution in [0.1, 0.15) is 0 Å². The maximum atomic E-state index is 0. The Balaban J connectivity index is 0. The zero-order valence-corrected chi connectivity index (χ0v) is 7.90. The van der Waals surface area contributed by atoms with E-state index >= 15 is 0 Å². The third kappa shape index (κ3) is 28.5. The topological polar surface area (TPSA) is 0 Å². The Hall–Kier alpha value is 1.59. The van der Waals surface area contributed by atoms with E-state index in [2.05, 4.69) is 0 Å². The third-order valence-electron chi connectivity index (χ3n) is 0. The van der Waals surface area contributed by atoms with E-state index in [0.717, 1.165) is 0 Å². The Morgan fingerprint density at radius 3 is 0.400 bits per heavy atom. The molecule has 40 valence electrons. The Bertz CT molecular complexity index is 3.61. The minimum Gasteiger partial charge on any atom is -0.147 e. The molecule has 0 spiro atoms. The van der Waals surface area contributed by atoms with Crippen molar-refractivity contribution < 1.29 is 0 Å². The maximum absolute atomic E-state index is 0. The van der Waals surface area contributed by atoms with Crippen molar-refractivity contribution in [2.45, 2.75) is 0 Å². The van der Waals surface area contributed by atoms with E-state index in [0.29, 0.717) is 0 Å². The summed E-state index contributed by atoms with van der Waals surface area (Å²) in [5, 5.41) is 0. The molecule has 0 nitrogen and oxygen atoms in total. The summed E-state index contributed by atoms with van der Waals surface area (Å²) in [5.74, 6) is 0. The molecule has 0 rings (SSSR count). The standard InChI is InChI=1S/4ClH.H3P/h4*1H;1H3/p+1. The molecule has 0 saturated carbocycles. The largest absolute Gasteiger partial charge is 0.147 e. The highest BCUT2D eigenvalue weighted by Crippen LogP contribution is 0.861. The van der Waals surface area contributed by atoms with Gasteiger partial charge in [-0.25, -0.2) is 0 Å². The van der Waals surface area contributed by atoms with Gasteiger partial charge in [0.05, 0.1) is 0 Å². The first-order chi connectivity index (χ1) is 0. The van der Waals surface area contributed by atoms with E-state index in [4.69, 9.17) is 0 Å². The second kappa shape index (κ2) is 46.6. The molecule has 0 aromatic heterocycles. The Labute approximate surface area is 59.7 Å².